The molecule has 4 aromatic rings. The number of rotatable bonds is 0. The van der Waals surface area contributed by atoms with Gasteiger partial charge in [-0.2, -0.15) is 0 Å². The van der Waals surface area contributed by atoms with Gasteiger partial charge >= 0.3 is 0 Å². The Bertz CT molecular complexity index is 697. The van der Waals surface area contributed by atoms with Crippen molar-refractivity contribution in [3.8, 4) is 0 Å². The average Bonchev–Trinajstić information content (AvgIpc) is 2.72. The second-order valence-electron chi connectivity index (χ2n) is 5.64. The molecule has 0 atom stereocenters. The Hall–Kier alpha value is -3.79. The lowest BCUT2D eigenvalue weighted by molar-refractivity contribution is 1.69. The quantitative estimate of drug-likeness (QED) is 0.264. The van der Waals surface area contributed by atoms with Crippen LogP contribution in [0.2, 0.25) is 0 Å². The molecular formula is C24H28B2N4. The number of anilines is 4. The molecule has 0 unspecified atom stereocenters. The van der Waals surface area contributed by atoms with Crippen molar-refractivity contribution in [1.82, 2.24) is 0 Å². The molecule has 0 aliphatic heterocycles. The van der Waals surface area contributed by atoms with Gasteiger partial charge in [-0.3, -0.25) is 0 Å². The summed E-state index contributed by atoms with van der Waals surface area (Å²) < 4.78 is 0. The van der Waals surface area contributed by atoms with Gasteiger partial charge in [0.15, 0.2) is 0 Å². The van der Waals surface area contributed by atoms with E-state index < -0.39 is 0 Å². The first-order valence-electron chi connectivity index (χ1n) is 8.80. The van der Waals surface area contributed by atoms with Crippen molar-refractivity contribution >= 4 is 39.6 Å². The molecule has 4 rings (SSSR count). The van der Waals surface area contributed by atoms with Crippen LogP contribution in [0.15, 0.2) is 121 Å². The summed E-state index contributed by atoms with van der Waals surface area (Å²) in [6, 6.07) is 37.9. The molecule has 6 radical (unpaired) electrons. The maximum Gasteiger partial charge on any atom is 0.0313 e. The van der Waals surface area contributed by atoms with E-state index >= 15 is 0 Å². The number of benzene rings is 4. The second kappa shape index (κ2) is 18.6. The summed E-state index contributed by atoms with van der Waals surface area (Å²) in [7, 11) is 0. The molecule has 0 amide bonds. The van der Waals surface area contributed by atoms with Crippen molar-refractivity contribution in [2.45, 2.75) is 0 Å². The van der Waals surface area contributed by atoms with Crippen LogP contribution in [0.5, 0.6) is 0 Å². The van der Waals surface area contributed by atoms with Gasteiger partial charge in [0.25, 0.3) is 0 Å². The van der Waals surface area contributed by atoms with Crippen molar-refractivity contribution in [2.24, 2.45) is 0 Å². The van der Waals surface area contributed by atoms with E-state index in [9.17, 15) is 0 Å². The summed E-state index contributed by atoms with van der Waals surface area (Å²) in [5.41, 5.74) is 24.7. The van der Waals surface area contributed by atoms with Crippen molar-refractivity contribution in [3.63, 3.8) is 0 Å². The van der Waals surface area contributed by atoms with E-state index in [2.05, 4.69) is 0 Å². The minimum absolute atomic E-state index is 0. The fourth-order valence-electron chi connectivity index (χ4n) is 1.81. The van der Waals surface area contributed by atoms with Gasteiger partial charge in [0, 0.05) is 39.6 Å². The van der Waals surface area contributed by atoms with Crippen molar-refractivity contribution in [3.05, 3.63) is 121 Å². The number of para-hydroxylation sites is 4. The molecule has 30 heavy (non-hydrogen) atoms. The van der Waals surface area contributed by atoms with Crippen LogP contribution in [0.4, 0.5) is 22.7 Å². The molecular weight excluding hydrogens is 366 g/mol. The molecule has 0 aromatic heterocycles. The van der Waals surface area contributed by atoms with E-state index in [0.29, 0.717) is 0 Å². The summed E-state index contributed by atoms with van der Waals surface area (Å²) >= 11 is 0. The van der Waals surface area contributed by atoms with Gasteiger partial charge in [0.1, 0.15) is 0 Å². The first kappa shape index (κ1) is 28.4. The molecule has 0 aliphatic carbocycles. The topological polar surface area (TPSA) is 104 Å². The highest BCUT2D eigenvalue weighted by Crippen LogP contribution is 1.97. The summed E-state index contributed by atoms with van der Waals surface area (Å²) in [5, 5.41) is 0. The Kier molecular flexibility index (Phi) is 17.6. The third-order valence-corrected chi connectivity index (χ3v) is 3.20. The van der Waals surface area contributed by atoms with Crippen LogP contribution < -0.4 is 22.9 Å². The van der Waals surface area contributed by atoms with Crippen LogP contribution in [0.3, 0.4) is 0 Å². The summed E-state index contributed by atoms with van der Waals surface area (Å²) in [4.78, 5) is 0. The van der Waals surface area contributed by atoms with Gasteiger partial charge in [0.2, 0.25) is 0 Å². The van der Waals surface area contributed by atoms with Gasteiger partial charge in [-0.25, -0.2) is 0 Å². The molecule has 0 fully saturated rings. The molecule has 6 heteroatoms. The fourth-order valence-corrected chi connectivity index (χ4v) is 1.81. The fraction of sp³-hybridized carbons (Fsp3) is 0. The average molecular weight is 394 g/mol. The van der Waals surface area contributed by atoms with Crippen LogP contribution in [-0.2, 0) is 0 Å². The zero-order valence-electron chi connectivity index (χ0n) is 17.0. The van der Waals surface area contributed by atoms with Gasteiger partial charge in [0.05, 0.1) is 0 Å². The second-order valence-corrected chi connectivity index (χ2v) is 5.64. The predicted molar refractivity (Wildman–Crippen MR) is 135 cm³/mol. The van der Waals surface area contributed by atoms with E-state index in [-0.39, 0.29) is 16.8 Å². The van der Waals surface area contributed by atoms with Crippen molar-refractivity contribution in [2.75, 3.05) is 22.9 Å². The monoisotopic (exact) mass is 394 g/mol. The largest absolute Gasteiger partial charge is 0.399 e. The third-order valence-electron chi connectivity index (χ3n) is 3.20. The summed E-state index contributed by atoms with van der Waals surface area (Å²) in [6.07, 6.45) is 0. The number of nitrogen functional groups attached to an aromatic ring is 4. The highest BCUT2D eigenvalue weighted by Gasteiger charge is 1.74. The number of hydrogen-bond donors (Lipinski definition) is 4. The molecule has 0 aliphatic rings. The Balaban J connectivity index is 0. The SMILES string of the molecule is Nc1ccccc1.Nc1ccccc1.Nc1ccccc1.Nc1ccccc1.[B].[B]. The molecule has 0 heterocycles. The van der Waals surface area contributed by atoms with Crippen molar-refractivity contribution in [1.29, 1.82) is 0 Å². The van der Waals surface area contributed by atoms with Crippen LogP contribution in [0.25, 0.3) is 0 Å². The van der Waals surface area contributed by atoms with E-state index in [0.717, 1.165) is 22.7 Å². The zero-order valence-corrected chi connectivity index (χ0v) is 17.0. The Morgan fingerprint density at radius 1 is 0.267 bits per heavy atom. The summed E-state index contributed by atoms with van der Waals surface area (Å²) in [6.45, 7) is 0. The van der Waals surface area contributed by atoms with Crippen LogP contribution in [0, 0.1) is 0 Å². The molecule has 0 saturated heterocycles. The molecule has 4 nitrogen and oxygen atoms in total. The Morgan fingerprint density at radius 2 is 0.400 bits per heavy atom. The van der Waals surface area contributed by atoms with Gasteiger partial charge in [-0.15, -0.1) is 0 Å². The van der Waals surface area contributed by atoms with Crippen LogP contribution in [0.1, 0.15) is 0 Å². The smallest absolute Gasteiger partial charge is 0.0313 e. The van der Waals surface area contributed by atoms with E-state index in [1.165, 1.54) is 0 Å². The molecule has 4 aromatic carbocycles. The van der Waals surface area contributed by atoms with E-state index in [1.54, 1.807) is 0 Å². The van der Waals surface area contributed by atoms with Gasteiger partial charge in [-0.1, -0.05) is 72.8 Å². The highest BCUT2D eigenvalue weighted by molar-refractivity contribution is 5.76. The predicted octanol–water partition coefficient (Wildman–Crippen LogP) is 4.31. The Morgan fingerprint density at radius 3 is 0.467 bits per heavy atom. The van der Waals surface area contributed by atoms with Crippen LogP contribution in [-0.4, -0.2) is 16.8 Å². The molecule has 8 N–H and O–H groups in total. The third kappa shape index (κ3) is 16.4. The maximum absolute atomic E-state index is 5.36. The lowest BCUT2D eigenvalue weighted by Crippen LogP contribution is -1.79. The van der Waals surface area contributed by atoms with Crippen LogP contribution >= 0.6 is 0 Å². The van der Waals surface area contributed by atoms with Gasteiger partial charge in [-0.05, 0) is 48.5 Å². The molecule has 0 bridgehead atoms. The highest BCUT2D eigenvalue weighted by atomic mass is 14.5. The first-order chi connectivity index (χ1) is 13.6. The lowest BCUT2D eigenvalue weighted by atomic mass is 10.3. The summed E-state index contributed by atoms with van der Waals surface area (Å²) in [5.74, 6) is 0. The Labute approximate surface area is 184 Å². The number of nitrogens with two attached hydrogens (primary N) is 4. The molecule has 0 spiro atoms. The first-order valence-corrected chi connectivity index (χ1v) is 8.80. The minimum Gasteiger partial charge on any atom is -0.399 e. The normalized spacial score (nSPS) is 8.00. The molecule has 0 saturated carbocycles. The van der Waals surface area contributed by atoms with E-state index in [1.807, 2.05) is 121 Å². The zero-order chi connectivity index (χ0) is 20.5. The minimum atomic E-state index is 0. The maximum atomic E-state index is 5.36. The molecule has 150 valence electrons. The standard InChI is InChI=1S/4C6H7N.2B/c4*7-6-4-2-1-3-5-6;;/h4*1-5H,7H2;;. The van der Waals surface area contributed by atoms with Crippen molar-refractivity contribution < 1.29 is 0 Å². The van der Waals surface area contributed by atoms with E-state index in [4.69, 9.17) is 22.9 Å². The number of hydrogen-bond acceptors (Lipinski definition) is 4. The lowest BCUT2D eigenvalue weighted by Gasteiger charge is -1.83. The van der Waals surface area contributed by atoms with Gasteiger partial charge < -0.3 is 22.9 Å².